The van der Waals surface area contributed by atoms with E-state index in [1.165, 1.54) is 6.21 Å². The molecule has 0 unspecified atom stereocenters. The number of benzene rings is 2. The molecular formula is C21H24IN3O6. The molecule has 0 saturated heterocycles. The molecule has 0 aliphatic heterocycles. The maximum atomic E-state index is 11.9. The van der Waals surface area contributed by atoms with Gasteiger partial charge in [-0.15, -0.1) is 0 Å². The summed E-state index contributed by atoms with van der Waals surface area (Å²) in [6.07, 6.45) is 1.87. The van der Waals surface area contributed by atoms with Gasteiger partial charge in [0.05, 0.1) is 30.6 Å². The average Bonchev–Trinajstić information content (AvgIpc) is 2.76. The molecule has 9 nitrogen and oxygen atoms in total. The third kappa shape index (κ3) is 7.02. The highest BCUT2D eigenvalue weighted by atomic mass is 127. The number of phenolic OH excluding ortho intramolecular Hbond substituents is 1. The first kappa shape index (κ1) is 24.3. The molecule has 0 aliphatic carbocycles. The summed E-state index contributed by atoms with van der Waals surface area (Å²) in [5.41, 5.74) is 3.69. The van der Waals surface area contributed by atoms with E-state index in [2.05, 4.69) is 15.8 Å². The van der Waals surface area contributed by atoms with Gasteiger partial charge < -0.3 is 24.6 Å². The van der Waals surface area contributed by atoms with Gasteiger partial charge in [0.1, 0.15) is 0 Å². The van der Waals surface area contributed by atoms with Crippen LogP contribution in [0.2, 0.25) is 0 Å². The molecule has 2 amide bonds. The second-order valence-corrected chi connectivity index (χ2v) is 7.34. The van der Waals surface area contributed by atoms with E-state index in [4.69, 9.17) is 14.2 Å². The number of nitrogens with one attached hydrogen (secondary N) is 2. The fourth-order valence-electron chi connectivity index (χ4n) is 2.59. The molecule has 0 atom stereocenters. The van der Waals surface area contributed by atoms with Crippen molar-refractivity contribution in [3.8, 4) is 23.0 Å². The van der Waals surface area contributed by atoms with E-state index in [9.17, 15) is 14.7 Å². The fourth-order valence-corrected chi connectivity index (χ4v) is 3.21. The summed E-state index contributed by atoms with van der Waals surface area (Å²) in [5, 5.41) is 16.3. The minimum atomic E-state index is -0.887. The summed E-state index contributed by atoms with van der Waals surface area (Å²) in [6, 6.07) is 8.69. The quantitative estimate of drug-likeness (QED) is 0.194. The topological polar surface area (TPSA) is 118 Å². The standard InChI is InChI=1S/C21H24IN3O6/c1-4-31-18-11-14(9-15(22)19(18)26)12-24-25-21(28)20(27)23-8-7-13-5-6-16(29-2)17(10-13)30-3/h5-6,9-12,26H,4,7-8H2,1-3H3,(H,23,27)(H,25,28)/b24-12-. The predicted molar refractivity (Wildman–Crippen MR) is 124 cm³/mol. The van der Waals surface area contributed by atoms with Crippen molar-refractivity contribution in [3.05, 3.63) is 45.0 Å². The first-order valence-corrected chi connectivity index (χ1v) is 10.4. The molecule has 0 spiro atoms. The lowest BCUT2D eigenvalue weighted by molar-refractivity contribution is -0.139. The number of hydrogen-bond donors (Lipinski definition) is 3. The van der Waals surface area contributed by atoms with Crippen LogP contribution in [-0.2, 0) is 16.0 Å². The molecule has 0 radical (unpaired) electrons. The van der Waals surface area contributed by atoms with Crippen molar-refractivity contribution in [2.45, 2.75) is 13.3 Å². The van der Waals surface area contributed by atoms with Crippen LogP contribution in [0.25, 0.3) is 0 Å². The molecule has 10 heteroatoms. The minimum Gasteiger partial charge on any atom is -0.504 e. The highest BCUT2D eigenvalue weighted by Gasteiger charge is 2.13. The van der Waals surface area contributed by atoms with E-state index in [0.717, 1.165) is 5.56 Å². The highest BCUT2D eigenvalue weighted by Crippen LogP contribution is 2.32. The van der Waals surface area contributed by atoms with Crippen LogP contribution >= 0.6 is 22.6 Å². The van der Waals surface area contributed by atoms with Gasteiger partial charge in [-0.2, -0.15) is 5.10 Å². The first-order chi connectivity index (χ1) is 14.9. The Morgan fingerprint density at radius 3 is 2.52 bits per heavy atom. The molecule has 0 aromatic heterocycles. The predicted octanol–water partition coefficient (Wildman–Crippen LogP) is 2.22. The number of nitrogens with zero attached hydrogens (tertiary/aromatic N) is 1. The van der Waals surface area contributed by atoms with Gasteiger partial charge in [0.15, 0.2) is 23.0 Å². The van der Waals surface area contributed by atoms with Crippen molar-refractivity contribution in [1.82, 2.24) is 10.7 Å². The zero-order chi connectivity index (χ0) is 22.8. The van der Waals surface area contributed by atoms with Crippen LogP contribution in [0, 0.1) is 3.57 Å². The molecule has 31 heavy (non-hydrogen) atoms. The average molecular weight is 541 g/mol. The van der Waals surface area contributed by atoms with E-state index < -0.39 is 11.8 Å². The number of hydrogen-bond acceptors (Lipinski definition) is 7. The Labute approximate surface area is 193 Å². The number of methoxy groups -OCH3 is 2. The second kappa shape index (κ2) is 12.0. The van der Waals surface area contributed by atoms with E-state index in [-0.39, 0.29) is 12.3 Å². The summed E-state index contributed by atoms with van der Waals surface area (Å²) in [4.78, 5) is 23.9. The number of ether oxygens (including phenoxy) is 3. The van der Waals surface area contributed by atoms with Gasteiger partial charge in [0, 0.05) is 6.54 Å². The molecule has 0 bridgehead atoms. The van der Waals surface area contributed by atoms with E-state index >= 15 is 0 Å². The van der Waals surface area contributed by atoms with Crippen LogP contribution in [-0.4, -0.2) is 50.5 Å². The molecule has 3 N–H and O–H groups in total. The van der Waals surface area contributed by atoms with Gasteiger partial charge in [0.25, 0.3) is 0 Å². The zero-order valence-corrected chi connectivity index (χ0v) is 19.6. The minimum absolute atomic E-state index is 0.0393. The zero-order valence-electron chi connectivity index (χ0n) is 17.4. The third-order valence-corrected chi connectivity index (χ3v) is 4.91. The Morgan fingerprint density at radius 2 is 1.84 bits per heavy atom. The second-order valence-electron chi connectivity index (χ2n) is 6.18. The van der Waals surface area contributed by atoms with Crippen molar-refractivity contribution in [2.75, 3.05) is 27.4 Å². The van der Waals surface area contributed by atoms with Crippen molar-refractivity contribution in [1.29, 1.82) is 0 Å². The Balaban J connectivity index is 1.86. The number of amides is 2. The van der Waals surface area contributed by atoms with Gasteiger partial charge in [-0.1, -0.05) is 6.07 Å². The Morgan fingerprint density at radius 1 is 1.10 bits per heavy atom. The van der Waals surface area contributed by atoms with Gasteiger partial charge in [-0.25, -0.2) is 5.43 Å². The van der Waals surface area contributed by atoms with Gasteiger partial charge in [-0.3, -0.25) is 9.59 Å². The Hall–Kier alpha value is -3.02. The lowest BCUT2D eigenvalue weighted by Gasteiger charge is -2.10. The van der Waals surface area contributed by atoms with Crippen molar-refractivity contribution in [3.63, 3.8) is 0 Å². The number of phenols is 1. The van der Waals surface area contributed by atoms with Crippen molar-refractivity contribution >= 4 is 40.6 Å². The normalized spacial score (nSPS) is 10.6. The number of carbonyl (C=O) groups excluding carboxylic acids is 2. The van der Waals surface area contributed by atoms with Crippen LogP contribution in [0.3, 0.4) is 0 Å². The van der Waals surface area contributed by atoms with Crippen molar-refractivity contribution in [2.24, 2.45) is 5.10 Å². The summed E-state index contributed by atoms with van der Waals surface area (Å²) in [7, 11) is 3.10. The van der Waals surface area contributed by atoms with Gasteiger partial charge in [0.2, 0.25) is 0 Å². The Bertz CT molecular complexity index is 964. The molecule has 0 aliphatic rings. The SMILES string of the molecule is CCOc1cc(/C=N\NC(=O)C(=O)NCCc2ccc(OC)c(OC)c2)cc(I)c1O. The number of hydrazone groups is 1. The highest BCUT2D eigenvalue weighted by molar-refractivity contribution is 14.1. The summed E-state index contributed by atoms with van der Waals surface area (Å²) in [5.74, 6) is -0.124. The maximum Gasteiger partial charge on any atom is 0.329 e. The van der Waals surface area contributed by atoms with Gasteiger partial charge >= 0.3 is 11.8 Å². The number of aromatic hydroxyl groups is 1. The van der Waals surface area contributed by atoms with Crippen LogP contribution in [0.5, 0.6) is 23.0 Å². The van der Waals surface area contributed by atoms with Crippen molar-refractivity contribution < 1.29 is 28.9 Å². The first-order valence-electron chi connectivity index (χ1n) is 9.37. The molecule has 0 saturated carbocycles. The number of carbonyl (C=O) groups is 2. The van der Waals surface area contributed by atoms with Crippen LogP contribution in [0.1, 0.15) is 18.1 Å². The van der Waals surface area contributed by atoms with Crippen LogP contribution < -0.4 is 25.0 Å². The molecule has 2 rings (SSSR count). The largest absolute Gasteiger partial charge is 0.504 e. The summed E-state index contributed by atoms with van der Waals surface area (Å²) >= 11 is 1.96. The molecule has 2 aromatic carbocycles. The number of halogens is 1. The van der Waals surface area contributed by atoms with Crippen LogP contribution in [0.15, 0.2) is 35.4 Å². The maximum absolute atomic E-state index is 11.9. The van der Waals surface area contributed by atoms with Gasteiger partial charge in [-0.05, 0) is 71.3 Å². The van der Waals surface area contributed by atoms with E-state index in [1.807, 2.05) is 34.7 Å². The molecule has 0 fully saturated rings. The summed E-state index contributed by atoms with van der Waals surface area (Å²) in [6.45, 7) is 2.46. The summed E-state index contributed by atoms with van der Waals surface area (Å²) < 4.78 is 16.4. The fraction of sp³-hybridized carbons (Fsp3) is 0.286. The van der Waals surface area contributed by atoms with Crippen LogP contribution in [0.4, 0.5) is 0 Å². The molecular weight excluding hydrogens is 517 g/mol. The van der Waals surface area contributed by atoms with E-state index in [0.29, 0.717) is 39.4 Å². The lowest BCUT2D eigenvalue weighted by Crippen LogP contribution is -2.38. The number of rotatable bonds is 9. The van der Waals surface area contributed by atoms with E-state index in [1.54, 1.807) is 39.3 Å². The molecule has 0 heterocycles. The molecule has 2 aromatic rings. The lowest BCUT2D eigenvalue weighted by atomic mass is 10.1. The smallest absolute Gasteiger partial charge is 0.329 e. The third-order valence-electron chi connectivity index (χ3n) is 4.08. The Kier molecular flexibility index (Phi) is 9.38. The monoisotopic (exact) mass is 541 g/mol. The molecule has 166 valence electrons.